The molecule has 1 aromatic heterocycles. The molecule has 2 heterocycles. The van der Waals surface area contributed by atoms with E-state index in [-0.39, 0.29) is 36.9 Å². The van der Waals surface area contributed by atoms with Crippen molar-refractivity contribution in [1.29, 1.82) is 0 Å². The molecular formula is C24H23N3O4. The Morgan fingerprint density at radius 2 is 1.74 bits per heavy atom. The number of hydrogen-bond acceptors (Lipinski definition) is 5. The van der Waals surface area contributed by atoms with Crippen LogP contribution in [0.3, 0.4) is 0 Å². The molecule has 3 aromatic rings. The lowest BCUT2D eigenvalue weighted by Crippen LogP contribution is -2.42. The molecule has 1 unspecified atom stereocenters. The van der Waals surface area contributed by atoms with E-state index in [0.29, 0.717) is 18.0 Å². The molecule has 0 bridgehead atoms. The second kappa shape index (κ2) is 9.40. The lowest BCUT2D eigenvalue weighted by Gasteiger charge is -2.28. The summed E-state index contributed by atoms with van der Waals surface area (Å²) in [5.74, 6) is -0.0894. The zero-order chi connectivity index (χ0) is 21.6. The number of hydrazone groups is 1. The molecule has 0 aliphatic carbocycles. The van der Waals surface area contributed by atoms with E-state index >= 15 is 0 Å². The van der Waals surface area contributed by atoms with E-state index in [9.17, 15) is 14.7 Å². The first kappa shape index (κ1) is 20.6. The van der Waals surface area contributed by atoms with Crippen LogP contribution in [0.15, 0.2) is 88.6 Å². The Morgan fingerprint density at radius 3 is 2.42 bits per heavy atom. The molecule has 0 spiro atoms. The summed E-state index contributed by atoms with van der Waals surface area (Å²) in [6.07, 6.45) is 0.956. The summed E-state index contributed by atoms with van der Waals surface area (Å²) in [5, 5.41) is 16.2. The minimum atomic E-state index is -0.973. The van der Waals surface area contributed by atoms with Crippen molar-refractivity contribution in [3.8, 4) is 0 Å². The molecule has 0 radical (unpaired) electrons. The number of aliphatic hydroxyl groups is 1. The first-order valence-corrected chi connectivity index (χ1v) is 10.1. The molecule has 1 N–H and O–H groups in total. The first-order chi connectivity index (χ1) is 15.1. The van der Waals surface area contributed by atoms with Crippen LogP contribution in [-0.2, 0) is 16.1 Å². The summed E-state index contributed by atoms with van der Waals surface area (Å²) in [6.45, 7) is 0.343. The number of hydrogen-bond donors (Lipinski definition) is 1. The van der Waals surface area contributed by atoms with Crippen molar-refractivity contribution in [2.75, 3.05) is 11.6 Å². The summed E-state index contributed by atoms with van der Waals surface area (Å²) in [4.78, 5) is 27.3. The van der Waals surface area contributed by atoms with Crippen molar-refractivity contribution >= 4 is 23.2 Å². The van der Waals surface area contributed by atoms with Crippen molar-refractivity contribution in [1.82, 2.24) is 4.90 Å². The Balaban J connectivity index is 1.60. The predicted molar refractivity (Wildman–Crippen MR) is 116 cm³/mol. The predicted octanol–water partition coefficient (Wildman–Crippen LogP) is 3.52. The fourth-order valence-electron chi connectivity index (χ4n) is 3.46. The number of nitrogens with zero attached hydrogens (tertiary/aromatic N) is 3. The van der Waals surface area contributed by atoms with E-state index in [1.54, 1.807) is 29.2 Å². The highest BCUT2D eigenvalue weighted by atomic mass is 16.4. The molecule has 1 aliphatic rings. The molecular weight excluding hydrogens is 394 g/mol. The van der Waals surface area contributed by atoms with E-state index in [1.807, 2.05) is 48.5 Å². The van der Waals surface area contributed by atoms with Gasteiger partial charge in [0.1, 0.15) is 17.6 Å². The summed E-state index contributed by atoms with van der Waals surface area (Å²) in [5.41, 5.74) is 1.82. The summed E-state index contributed by atoms with van der Waals surface area (Å²) < 4.78 is 5.29. The van der Waals surface area contributed by atoms with Crippen LogP contribution in [0.1, 0.15) is 30.3 Å². The van der Waals surface area contributed by atoms with Crippen molar-refractivity contribution in [2.24, 2.45) is 5.10 Å². The van der Waals surface area contributed by atoms with Gasteiger partial charge in [-0.3, -0.25) is 9.59 Å². The minimum absolute atomic E-state index is 0.0412. The summed E-state index contributed by atoms with van der Waals surface area (Å²) in [7, 11) is 0. The molecule has 2 amide bonds. The van der Waals surface area contributed by atoms with Gasteiger partial charge in [-0.25, -0.2) is 5.01 Å². The Kier molecular flexibility index (Phi) is 6.24. The number of para-hydroxylation sites is 1. The second-order valence-electron chi connectivity index (χ2n) is 7.29. The Hall–Kier alpha value is -3.71. The lowest BCUT2D eigenvalue weighted by atomic mass is 10.1. The summed E-state index contributed by atoms with van der Waals surface area (Å²) >= 11 is 0. The van der Waals surface area contributed by atoms with E-state index in [0.717, 1.165) is 5.56 Å². The number of rotatable bonds is 7. The number of aliphatic hydroxyl groups excluding tert-OH is 1. The number of carbonyl (C=O) groups is 2. The van der Waals surface area contributed by atoms with E-state index in [1.165, 1.54) is 11.3 Å². The van der Waals surface area contributed by atoms with Gasteiger partial charge >= 0.3 is 0 Å². The van der Waals surface area contributed by atoms with Gasteiger partial charge in [-0.05, 0) is 29.8 Å². The fraction of sp³-hybridized carbons (Fsp3) is 0.208. The molecule has 1 atom stereocenters. The van der Waals surface area contributed by atoms with Gasteiger partial charge in [0.15, 0.2) is 0 Å². The average Bonchev–Trinajstić information content (AvgIpc) is 3.35. The maximum atomic E-state index is 13.4. The molecule has 1 aliphatic heterocycles. The highest BCUT2D eigenvalue weighted by Crippen LogP contribution is 2.22. The maximum absolute atomic E-state index is 13.4. The van der Waals surface area contributed by atoms with Gasteiger partial charge in [0, 0.05) is 19.4 Å². The van der Waals surface area contributed by atoms with Crippen LogP contribution < -0.4 is 5.01 Å². The molecule has 0 saturated carbocycles. The molecule has 0 saturated heterocycles. The van der Waals surface area contributed by atoms with Gasteiger partial charge < -0.3 is 14.4 Å². The third-order valence-electron chi connectivity index (χ3n) is 5.05. The minimum Gasteiger partial charge on any atom is -0.467 e. The Bertz CT molecular complexity index is 1050. The SMILES string of the molecule is O=C(C1=NN(c2ccccc2)C(=O)CC1)N(Cc1ccccc1)CC(O)c1ccco1. The van der Waals surface area contributed by atoms with Gasteiger partial charge in [-0.2, -0.15) is 5.10 Å². The zero-order valence-corrected chi connectivity index (χ0v) is 16.9. The number of carbonyl (C=O) groups excluding carboxylic acids is 2. The molecule has 7 nitrogen and oxygen atoms in total. The highest BCUT2D eigenvalue weighted by molar-refractivity contribution is 6.40. The third kappa shape index (κ3) is 4.90. The molecule has 4 rings (SSSR count). The van der Waals surface area contributed by atoms with Crippen LogP contribution in [0.4, 0.5) is 5.69 Å². The monoisotopic (exact) mass is 417 g/mol. The normalized spacial score (nSPS) is 14.8. The maximum Gasteiger partial charge on any atom is 0.270 e. The molecule has 7 heteroatoms. The van der Waals surface area contributed by atoms with Crippen LogP contribution in [0.5, 0.6) is 0 Å². The van der Waals surface area contributed by atoms with Crippen molar-refractivity contribution in [3.05, 3.63) is 90.4 Å². The van der Waals surface area contributed by atoms with Crippen LogP contribution in [0.2, 0.25) is 0 Å². The number of furan rings is 1. The van der Waals surface area contributed by atoms with Crippen LogP contribution in [0, 0.1) is 0 Å². The topological polar surface area (TPSA) is 86.4 Å². The largest absolute Gasteiger partial charge is 0.467 e. The number of amides is 2. The second-order valence-corrected chi connectivity index (χ2v) is 7.29. The van der Waals surface area contributed by atoms with Crippen molar-refractivity contribution < 1.29 is 19.1 Å². The van der Waals surface area contributed by atoms with Gasteiger partial charge in [-0.1, -0.05) is 48.5 Å². The summed E-state index contributed by atoms with van der Waals surface area (Å²) in [6, 6.07) is 21.9. The van der Waals surface area contributed by atoms with E-state index < -0.39 is 6.10 Å². The van der Waals surface area contributed by atoms with E-state index in [2.05, 4.69) is 5.10 Å². The standard InChI is InChI=1S/C24H23N3O4/c28-21(22-12-7-15-31-22)17-26(16-18-8-3-1-4-9-18)24(30)20-13-14-23(29)27(25-20)19-10-5-2-6-11-19/h1-12,15,21,28H,13-14,16-17H2. The van der Waals surface area contributed by atoms with Crippen molar-refractivity contribution in [2.45, 2.75) is 25.5 Å². The smallest absolute Gasteiger partial charge is 0.270 e. The highest BCUT2D eigenvalue weighted by Gasteiger charge is 2.30. The third-order valence-corrected chi connectivity index (χ3v) is 5.05. The van der Waals surface area contributed by atoms with Gasteiger partial charge in [-0.15, -0.1) is 0 Å². The molecule has 0 fully saturated rings. The Labute approximate surface area is 180 Å². The van der Waals surface area contributed by atoms with Crippen LogP contribution in [-0.4, -0.2) is 34.1 Å². The Morgan fingerprint density at radius 1 is 1.03 bits per heavy atom. The van der Waals surface area contributed by atoms with Gasteiger partial charge in [0.05, 0.1) is 18.5 Å². The van der Waals surface area contributed by atoms with Gasteiger partial charge in [0.25, 0.3) is 5.91 Å². The molecule has 31 heavy (non-hydrogen) atoms. The quantitative estimate of drug-likeness (QED) is 0.637. The van der Waals surface area contributed by atoms with Gasteiger partial charge in [0.2, 0.25) is 5.91 Å². The van der Waals surface area contributed by atoms with Crippen molar-refractivity contribution in [3.63, 3.8) is 0 Å². The molecule has 2 aromatic carbocycles. The fourth-order valence-corrected chi connectivity index (χ4v) is 3.46. The number of anilines is 1. The first-order valence-electron chi connectivity index (χ1n) is 10.1. The average molecular weight is 417 g/mol. The van der Waals surface area contributed by atoms with Crippen LogP contribution >= 0.6 is 0 Å². The lowest BCUT2D eigenvalue weighted by molar-refractivity contribution is -0.126. The van der Waals surface area contributed by atoms with E-state index in [4.69, 9.17) is 4.42 Å². The number of benzene rings is 2. The zero-order valence-electron chi connectivity index (χ0n) is 16.9. The molecule has 158 valence electrons. The van der Waals surface area contributed by atoms with Crippen LogP contribution in [0.25, 0.3) is 0 Å².